The molecular weight excluding hydrogens is 306 g/mol. The highest BCUT2D eigenvalue weighted by molar-refractivity contribution is 9.10. The van der Waals surface area contributed by atoms with E-state index in [2.05, 4.69) is 31.2 Å². The van der Waals surface area contributed by atoms with E-state index >= 15 is 0 Å². The Labute approximate surface area is 118 Å². The fraction of sp³-hybridized carbons (Fsp3) is 0.0769. The molecule has 0 aliphatic rings. The van der Waals surface area contributed by atoms with E-state index in [0.717, 1.165) is 26.9 Å². The molecule has 0 atom stereocenters. The van der Waals surface area contributed by atoms with Gasteiger partial charge in [0.2, 0.25) is 0 Å². The molecule has 0 aliphatic carbocycles. The van der Waals surface area contributed by atoms with E-state index in [1.165, 1.54) is 0 Å². The van der Waals surface area contributed by atoms with Crippen molar-refractivity contribution in [3.63, 3.8) is 0 Å². The van der Waals surface area contributed by atoms with E-state index in [0.29, 0.717) is 5.82 Å². The van der Waals surface area contributed by atoms with Gasteiger partial charge in [-0.2, -0.15) is 10.2 Å². The maximum atomic E-state index is 6.16. The van der Waals surface area contributed by atoms with Crippen LogP contribution in [0.1, 0.15) is 0 Å². The van der Waals surface area contributed by atoms with E-state index in [4.69, 9.17) is 5.73 Å². The number of aromatic nitrogens is 4. The molecule has 0 radical (unpaired) electrons. The van der Waals surface area contributed by atoms with E-state index in [1.807, 2.05) is 37.5 Å². The number of aromatic amines is 1. The number of hydrogen-bond donors (Lipinski definition) is 2. The van der Waals surface area contributed by atoms with Gasteiger partial charge in [0, 0.05) is 28.8 Å². The molecular formula is C13H12BrN5. The molecule has 3 aromatic rings. The van der Waals surface area contributed by atoms with Crippen molar-refractivity contribution in [3.05, 3.63) is 41.1 Å². The molecule has 0 amide bonds. The number of H-pyrrole nitrogens is 1. The number of nitrogens with two attached hydrogens (primary N) is 1. The maximum absolute atomic E-state index is 6.16. The summed E-state index contributed by atoms with van der Waals surface area (Å²) in [6.07, 6.45) is 3.55. The lowest BCUT2D eigenvalue weighted by atomic mass is 10.0. The second-order valence-corrected chi connectivity index (χ2v) is 5.05. The Bertz CT molecular complexity index is 715. The number of nitrogens with one attached hydrogen (secondary N) is 1. The van der Waals surface area contributed by atoms with Crippen LogP contribution in [0.3, 0.4) is 0 Å². The minimum atomic E-state index is 0.628. The van der Waals surface area contributed by atoms with Gasteiger partial charge in [0.15, 0.2) is 0 Å². The zero-order valence-corrected chi connectivity index (χ0v) is 11.8. The summed E-state index contributed by atoms with van der Waals surface area (Å²) < 4.78 is 2.66. The third-order valence-electron chi connectivity index (χ3n) is 3.01. The van der Waals surface area contributed by atoms with Crippen LogP contribution in [0.5, 0.6) is 0 Å². The van der Waals surface area contributed by atoms with Crippen LogP contribution >= 0.6 is 15.9 Å². The Morgan fingerprint density at radius 1 is 1.32 bits per heavy atom. The quantitative estimate of drug-likeness (QED) is 0.763. The van der Waals surface area contributed by atoms with Gasteiger partial charge in [-0.05, 0) is 6.07 Å². The number of nitrogen functional groups attached to an aromatic ring is 1. The molecule has 5 nitrogen and oxygen atoms in total. The molecule has 2 heterocycles. The Kier molecular flexibility index (Phi) is 2.87. The van der Waals surface area contributed by atoms with Gasteiger partial charge in [-0.1, -0.05) is 34.1 Å². The van der Waals surface area contributed by atoms with E-state index in [1.54, 1.807) is 10.9 Å². The molecule has 0 aliphatic heterocycles. The number of halogens is 1. The van der Waals surface area contributed by atoms with Crippen molar-refractivity contribution in [1.29, 1.82) is 0 Å². The second-order valence-electron chi connectivity index (χ2n) is 4.20. The average Bonchev–Trinajstić information content (AvgIpc) is 3.01. The molecule has 3 rings (SSSR count). The monoisotopic (exact) mass is 317 g/mol. The minimum Gasteiger partial charge on any atom is -0.383 e. The molecule has 3 N–H and O–H groups in total. The largest absolute Gasteiger partial charge is 0.383 e. The molecule has 0 fully saturated rings. The summed E-state index contributed by atoms with van der Waals surface area (Å²) in [5, 5.41) is 11.2. The molecule has 0 saturated carbocycles. The first-order valence-corrected chi connectivity index (χ1v) is 6.54. The van der Waals surface area contributed by atoms with Crippen molar-refractivity contribution >= 4 is 21.7 Å². The normalized spacial score (nSPS) is 10.8. The minimum absolute atomic E-state index is 0.628. The summed E-state index contributed by atoms with van der Waals surface area (Å²) in [6, 6.07) is 7.95. The van der Waals surface area contributed by atoms with Gasteiger partial charge in [0.05, 0.1) is 11.8 Å². The van der Waals surface area contributed by atoms with Crippen molar-refractivity contribution < 1.29 is 0 Å². The summed E-state index contributed by atoms with van der Waals surface area (Å²) in [5.41, 5.74) is 9.83. The maximum Gasteiger partial charge on any atom is 0.129 e. The molecule has 0 spiro atoms. The highest BCUT2D eigenvalue weighted by Gasteiger charge is 2.19. The lowest BCUT2D eigenvalue weighted by Gasteiger charge is -2.05. The number of aryl methyl sites for hydroxylation is 1. The average molecular weight is 318 g/mol. The van der Waals surface area contributed by atoms with Gasteiger partial charge in [-0.3, -0.25) is 9.78 Å². The number of rotatable bonds is 2. The summed E-state index contributed by atoms with van der Waals surface area (Å²) in [6.45, 7) is 0. The van der Waals surface area contributed by atoms with E-state index in [9.17, 15) is 0 Å². The van der Waals surface area contributed by atoms with Crippen molar-refractivity contribution in [1.82, 2.24) is 20.0 Å². The van der Waals surface area contributed by atoms with Crippen LogP contribution in [-0.4, -0.2) is 20.0 Å². The summed E-state index contributed by atoms with van der Waals surface area (Å²) in [7, 11) is 1.83. The summed E-state index contributed by atoms with van der Waals surface area (Å²) in [5.74, 6) is 0.628. The predicted octanol–water partition coefficient (Wildman–Crippen LogP) is 2.82. The highest BCUT2D eigenvalue weighted by atomic mass is 79.9. The molecule has 19 heavy (non-hydrogen) atoms. The third kappa shape index (κ3) is 1.94. The number of nitrogens with zero attached hydrogens (tertiary/aromatic N) is 3. The van der Waals surface area contributed by atoms with E-state index < -0.39 is 0 Å². The first-order valence-electron chi connectivity index (χ1n) is 5.75. The molecule has 1 aromatic carbocycles. The van der Waals surface area contributed by atoms with Gasteiger partial charge < -0.3 is 5.73 Å². The fourth-order valence-electron chi connectivity index (χ4n) is 2.05. The molecule has 0 bridgehead atoms. The number of benzene rings is 1. The third-order valence-corrected chi connectivity index (χ3v) is 3.70. The lowest BCUT2D eigenvalue weighted by molar-refractivity contribution is 0.782. The van der Waals surface area contributed by atoms with Gasteiger partial charge in [0.25, 0.3) is 0 Å². The highest BCUT2D eigenvalue weighted by Crippen LogP contribution is 2.38. The first-order chi connectivity index (χ1) is 9.18. The first kappa shape index (κ1) is 12.0. The summed E-state index contributed by atoms with van der Waals surface area (Å²) >= 11 is 3.56. The van der Waals surface area contributed by atoms with Crippen LogP contribution in [0.4, 0.5) is 5.82 Å². The lowest BCUT2D eigenvalue weighted by Crippen LogP contribution is -1.98. The van der Waals surface area contributed by atoms with E-state index in [-0.39, 0.29) is 0 Å². The topological polar surface area (TPSA) is 72.5 Å². The van der Waals surface area contributed by atoms with Crippen molar-refractivity contribution in [2.75, 3.05) is 5.73 Å². The Morgan fingerprint density at radius 3 is 2.79 bits per heavy atom. The van der Waals surface area contributed by atoms with Crippen LogP contribution in [-0.2, 0) is 7.05 Å². The van der Waals surface area contributed by atoms with Crippen LogP contribution in [0.25, 0.3) is 22.4 Å². The van der Waals surface area contributed by atoms with Gasteiger partial charge in [-0.25, -0.2) is 0 Å². The fourth-order valence-corrected chi connectivity index (χ4v) is 2.53. The number of hydrogen-bond acceptors (Lipinski definition) is 3. The zero-order valence-electron chi connectivity index (χ0n) is 10.3. The predicted molar refractivity (Wildman–Crippen MR) is 78.3 cm³/mol. The SMILES string of the molecule is Cn1nc(-c2cn[nH]c2)c(-c2ccccc2Br)c1N. The number of anilines is 1. The Hall–Kier alpha value is -2.08. The molecule has 6 heteroatoms. The van der Waals surface area contributed by atoms with Crippen LogP contribution < -0.4 is 5.73 Å². The Balaban J connectivity index is 2.29. The molecule has 96 valence electrons. The van der Waals surface area contributed by atoms with Gasteiger partial charge in [0.1, 0.15) is 11.5 Å². The molecule has 2 aromatic heterocycles. The van der Waals surface area contributed by atoms with Crippen LogP contribution in [0.2, 0.25) is 0 Å². The standard InChI is InChI=1S/C13H12BrN5/c1-19-13(15)11(9-4-2-3-5-10(9)14)12(18-19)8-6-16-17-7-8/h2-7H,15H2,1H3,(H,16,17). The van der Waals surface area contributed by atoms with Gasteiger partial charge in [-0.15, -0.1) is 0 Å². The van der Waals surface area contributed by atoms with Gasteiger partial charge >= 0.3 is 0 Å². The molecule has 0 unspecified atom stereocenters. The van der Waals surface area contributed by atoms with Crippen molar-refractivity contribution in [2.45, 2.75) is 0 Å². The summed E-state index contributed by atoms with van der Waals surface area (Å²) in [4.78, 5) is 0. The zero-order chi connectivity index (χ0) is 13.4. The van der Waals surface area contributed by atoms with Crippen LogP contribution in [0.15, 0.2) is 41.1 Å². The second kappa shape index (κ2) is 4.55. The smallest absolute Gasteiger partial charge is 0.129 e. The van der Waals surface area contributed by atoms with Crippen LogP contribution in [0, 0.1) is 0 Å². The Morgan fingerprint density at radius 2 is 2.11 bits per heavy atom. The van der Waals surface area contributed by atoms with Crippen molar-refractivity contribution in [2.24, 2.45) is 7.05 Å². The van der Waals surface area contributed by atoms with Crippen molar-refractivity contribution in [3.8, 4) is 22.4 Å². The molecule has 0 saturated heterocycles.